The molecule has 0 amide bonds. The van der Waals surface area contributed by atoms with Gasteiger partial charge >= 0.3 is 11.9 Å². The third kappa shape index (κ3) is 23.5. The number of carboxylic acids is 2. The standard InChI is InChI=1S/C8H8O3S.C4H4O4.C2H4O3S/c9-12(10,11)7-6-8-4-2-1-3-5-8;5-3(6)1-2-4(7)8;1-2-6(3,4)5/h1-7H,(H,9,10,11);1-2H,(H,5,6)(H,7,8);2H,1H2,(H,3,4,5)/b;2-1-;. The Labute approximate surface area is 149 Å². The van der Waals surface area contributed by atoms with E-state index in [0.717, 1.165) is 11.0 Å². The number of aliphatic carboxylic acids is 2. The van der Waals surface area contributed by atoms with Gasteiger partial charge in [-0.2, -0.15) is 16.8 Å². The first-order chi connectivity index (χ1) is 11.8. The average molecular weight is 408 g/mol. The largest absolute Gasteiger partial charge is 0.478 e. The van der Waals surface area contributed by atoms with Gasteiger partial charge in [-0.15, -0.1) is 0 Å². The molecule has 0 saturated heterocycles. The Morgan fingerprint density at radius 3 is 1.50 bits per heavy atom. The summed E-state index contributed by atoms with van der Waals surface area (Å²) in [6, 6.07) is 8.86. The minimum atomic E-state index is -4.00. The van der Waals surface area contributed by atoms with E-state index in [-0.39, 0.29) is 0 Å². The van der Waals surface area contributed by atoms with Gasteiger partial charge in [0.15, 0.2) is 0 Å². The summed E-state index contributed by atoms with van der Waals surface area (Å²) in [4.78, 5) is 19.1. The van der Waals surface area contributed by atoms with E-state index in [1.807, 2.05) is 6.07 Å². The van der Waals surface area contributed by atoms with Gasteiger partial charge in [0.25, 0.3) is 20.2 Å². The second-order valence-corrected chi connectivity index (χ2v) is 6.59. The highest BCUT2D eigenvalue weighted by Crippen LogP contribution is 2.01. The minimum Gasteiger partial charge on any atom is -0.478 e. The fourth-order valence-corrected chi connectivity index (χ4v) is 1.20. The van der Waals surface area contributed by atoms with Crippen molar-refractivity contribution in [3.05, 3.63) is 65.4 Å². The Morgan fingerprint density at radius 1 is 0.846 bits per heavy atom. The summed E-state index contributed by atoms with van der Waals surface area (Å²) in [5.41, 5.74) is 0.732. The van der Waals surface area contributed by atoms with Crippen LogP contribution in [0, 0.1) is 0 Å². The molecule has 1 aromatic rings. The lowest BCUT2D eigenvalue weighted by molar-refractivity contribution is -0.134. The van der Waals surface area contributed by atoms with Crippen LogP contribution < -0.4 is 0 Å². The summed E-state index contributed by atoms with van der Waals surface area (Å²) in [6.07, 6.45) is 2.44. The summed E-state index contributed by atoms with van der Waals surface area (Å²) < 4.78 is 55.5. The molecule has 0 aliphatic heterocycles. The Bertz CT molecular complexity index is 823. The van der Waals surface area contributed by atoms with E-state index in [4.69, 9.17) is 19.3 Å². The first-order valence-electron chi connectivity index (χ1n) is 6.21. The molecule has 0 radical (unpaired) electrons. The number of carbonyl (C=O) groups is 2. The predicted octanol–water partition coefficient (Wildman–Crippen LogP) is 1.27. The molecule has 4 N–H and O–H groups in total. The fraction of sp³-hybridized carbons (Fsp3) is 0. The van der Waals surface area contributed by atoms with Gasteiger partial charge in [-0.25, -0.2) is 9.59 Å². The van der Waals surface area contributed by atoms with Gasteiger partial charge in [0, 0.05) is 12.2 Å². The van der Waals surface area contributed by atoms with Crippen LogP contribution in [0.15, 0.2) is 59.9 Å². The van der Waals surface area contributed by atoms with E-state index in [2.05, 4.69) is 6.58 Å². The van der Waals surface area contributed by atoms with E-state index in [9.17, 15) is 26.4 Å². The zero-order valence-corrected chi connectivity index (χ0v) is 14.7. The van der Waals surface area contributed by atoms with Crippen molar-refractivity contribution in [3.8, 4) is 0 Å². The predicted molar refractivity (Wildman–Crippen MR) is 93.2 cm³/mol. The van der Waals surface area contributed by atoms with Crippen molar-refractivity contribution < 1.29 is 45.7 Å². The average Bonchev–Trinajstić information content (AvgIpc) is 2.52. The van der Waals surface area contributed by atoms with Crippen LogP contribution in [0.2, 0.25) is 0 Å². The molecule has 0 aliphatic carbocycles. The van der Waals surface area contributed by atoms with Crippen LogP contribution in [0.4, 0.5) is 0 Å². The number of carboxylic acid groups (broad SMARTS) is 2. The molecule has 26 heavy (non-hydrogen) atoms. The van der Waals surface area contributed by atoms with Crippen LogP contribution >= 0.6 is 0 Å². The monoisotopic (exact) mass is 408 g/mol. The number of hydrogen-bond donors (Lipinski definition) is 4. The Morgan fingerprint density at radius 2 is 1.23 bits per heavy atom. The Hall–Kier alpha value is -2.80. The molecule has 0 unspecified atom stereocenters. The molecular formula is C14H16O10S2. The topological polar surface area (TPSA) is 183 Å². The second-order valence-electron chi connectivity index (χ2n) is 3.92. The fourth-order valence-electron chi connectivity index (χ4n) is 0.871. The summed E-state index contributed by atoms with van der Waals surface area (Å²) in [5, 5.41) is 16.8. The molecule has 0 spiro atoms. The van der Waals surface area contributed by atoms with Crippen molar-refractivity contribution in [1.82, 2.24) is 0 Å². The highest BCUT2D eigenvalue weighted by atomic mass is 32.2. The maximum Gasteiger partial charge on any atom is 0.328 e. The smallest absolute Gasteiger partial charge is 0.328 e. The lowest BCUT2D eigenvalue weighted by atomic mass is 10.2. The van der Waals surface area contributed by atoms with Gasteiger partial charge in [-0.05, 0) is 11.6 Å². The summed E-state index contributed by atoms with van der Waals surface area (Å²) in [7, 11) is -7.90. The van der Waals surface area contributed by atoms with E-state index < -0.39 is 32.2 Å². The quantitative estimate of drug-likeness (QED) is 0.408. The maximum atomic E-state index is 10.3. The molecule has 1 rings (SSSR count). The third-order valence-electron chi connectivity index (χ3n) is 1.81. The van der Waals surface area contributed by atoms with E-state index >= 15 is 0 Å². The molecule has 10 nitrogen and oxygen atoms in total. The summed E-state index contributed by atoms with van der Waals surface area (Å²) in [6.45, 7) is 2.79. The van der Waals surface area contributed by atoms with Crippen molar-refractivity contribution in [1.29, 1.82) is 0 Å². The molecule has 0 heterocycles. The van der Waals surface area contributed by atoms with Crippen LogP contribution in [-0.4, -0.2) is 48.1 Å². The van der Waals surface area contributed by atoms with Crippen molar-refractivity contribution >= 4 is 38.3 Å². The molecular weight excluding hydrogens is 392 g/mol. The van der Waals surface area contributed by atoms with Gasteiger partial charge in [0.2, 0.25) is 0 Å². The lowest BCUT2D eigenvalue weighted by Gasteiger charge is -1.89. The molecule has 0 aromatic heterocycles. The molecule has 144 valence electrons. The van der Waals surface area contributed by atoms with Crippen LogP contribution in [0.3, 0.4) is 0 Å². The van der Waals surface area contributed by atoms with Gasteiger partial charge in [-0.1, -0.05) is 36.9 Å². The van der Waals surface area contributed by atoms with Crippen LogP contribution in [-0.2, 0) is 29.8 Å². The zero-order valence-electron chi connectivity index (χ0n) is 13.0. The first kappa shape index (κ1) is 25.4. The van der Waals surface area contributed by atoms with Crippen LogP contribution in [0.25, 0.3) is 6.08 Å². The molecule has 0 fully saturated rings. The van der Waals surface area contributed by atoms with E-state index in [1.165, 1.54) is 6.08 Å². The second kappa shape index (κ2) is 12.5. The Balaban J connectivity index is 0. The van der Waals surface area contributed by atoms with Gasteiger partial charge < -0.3 is 10.2 Å². The lowest BCUT2D eigenvalue weighted by Crippen LogP contribution is -1.91. The van der Waals surface area contributed by atoms with Crippen molar-refractivity contribution in [2.45, 2.75) is 0 Å². The molecule has 1 aromatic carbocycles. The minimum absolute atomic E-state index is 0.465. The van der Waals surface area contributed by atoms with Crippen LogP contribution in [0.1, 0.15) is 5.56 Å². The highest BCUT2D eigenvalue weighted by Gasteiger charge is 1.94. The summed E-state index contributed by atoms with van der Waals surface area (Å²) >= 11 is 0. The normalized spacial score (nSPS) is 11.0. The molecule has 12 heteroatoms. The maximum absolute atomic E-state index is 10.3. The number of rotatable bonds is 5. The van der Waals surface area contributed by atoms with Crippen molar-refractivity contribution in [2.24, 2.45) is 0 Å². The molecule has 0 bridgehead atoms. The van der Waals surface area contributed by atoms with E-state index in [1.54, 1.807) is 24.3 Å². The summed E-state index contributed by atoms with van der Waals surface area (Å²) in [5.74, 6) is -2.51. The molecule has 0 saturated carbocycles. The SMILES string of the molecule is C=CS(=O)(=O)O.O=C(O)/C=C\C(=O)O.O=S(=O)(O)C=Cc1ccccc1. The molecule has 0 atom stereocenters. The zero-order chi connectivity index (χ0) is 20.8. The first-order valence-corrected chi connectivity index (χ1v) is 9.22. The molecule has 0 aliphatic rings. The Kier molecular flexibility index (Phi) is 12.3. The van der Waals surface area contributed by atoms with Gasteiger partial charge in [-0.3, -0.25) is 9.11 Å². The van der Waals surface area contributed by atoms with Gasteiger partial charge in [0.1, 0.15) is 0 Å². The highest BCUT2D eigenvalue weighted by molar-refractivity contribution is 7.89. The van der Waals surface area contributed by atoms with Gasteiger partial charge in [0.05, 0.1) is 10.8 Å². The number of benzene rings is 1. The van der Waals surface area contributed by atoms with E-state index in [0.29, 0.717) is 17.6 Å². The van der Waals surface area contributed by atoms with Crippen molar-refractivity contribution in [2.75, 3.05) is 0 Å². The van der Waals surface area contributed by atoms with Crippen molar-refractivity contribution in [3.63, 3.8) is 0 Å². The number of hydrogen-bond acceptors (Lipinski definition) is 6. The van der Waals surface area contributed by atoms with Crippen LogP contribution in [0.5, 0.6) is 0 Å². The third-order valence-corrected chi connectivity index (χ3v) is 2.71.